The number of nitrogens with one attached hydrogen (secondary N) is 1. The van der Waals surface area contributed by atoms with Crippen LogP contribution in [0.2, 0.25) is 0 Å². The van der Waals surface area contributed by atoms with E-state index in [0.717, 1.165) is 16.2 Å². The number of imide groups is 1. The number of amides is 3. The molecule has 7 heteroatoms. The Bertz CT molecular complexity index is 661. The van der Waals surface area contributed by atoms with Crippen LogP contribution >= 0.6 is 11.3 Å². The van der Waals surface area contributed by atoms with E-state index in [1.54, 1.807) is 11.3 Å². The predicted octanol–water partition coefficient (Wildman–Crippen LogP) is 2.76. The highest BCUT2D eigenvalue weighted by molar-refractivity contribution is 7.09. The Morgan fingerprint density at radius 1 is 1.42 bits per heavy atom. The van der Waals surface area contributed by atoms with Gasteiger partial charge in [0.05, 0.1) is 25.9 Å². The van der Waals surface area contributed by atoms with Gasteiger partial charge in [-0.15, -0.1) is 11.3 Å². The molecule has 0 radical (unpaired) electrons. The van der Waals surface area contributed by atoms with E-state index in [4.69, 9.17) is 4.74 Å². The fourth-order valence-electron chi connectivity index (χ4n) is 4.63. The number of ether oxygens (including phenoxy) is 1. The van der Waals surface area contributed by atoms with Gasteiger partial charge < -0.3 is 15.2 Å². The van der Waals surface area contributed by atoms with Crippen LogP contribution in [0.4, 0.5) is 4.79 Å². The summed E-state index contributed by atoms with van der Waals surface area (Å²) < 4.78 is 5.50. The smallest absolute Gasteiger partial charge is 0.325 e. The van der Waals surface area contributed by atoms with Gasteiger partial charge in [-0.3, -0.25) is 9.69 Å². The van der Waals surface area contributed by atoms with Crippen LogP contribution in [0, 0.1) is 11.3 Å². The van der Waals surface area contributed by atoms with Crippen LogP contribution in [-0.4, -0.2) is 46.7 Å². The van der Waals surface area contributed by atoms with Crippen molar-refractivity contribution in [3.05, 3.63) is 22.4 Å². The minimum Gasteiger partial charge on any atom is -0.389 e. The van der Waals surface area contributed by atoms with Gasteiger partial charge in [-0.25, -0.2) is 4.79 Å². The summed E-state index contributed by atoms with van der Waals surface area (Å²) in [4.78, 5) is 27.7. The van der Waals surface area contributed by atoms with Crippen LogP contribution < -0.4 is 5.32 Å². The van der Waals surface area contributed by atoms with E-state index in [0.29, 0.717) is 25.4 Å². The number of rotatable bonds is 6. The molecular formula is C19H28N2O4S. The molecule has 1 spiro atoms. The zero-order valence-electron chi connectivity index (χ0n) is 15.7. The first-order chi connectivity index (χ1) is 12.2. The quantitative estimate of drug-likeness (QED) is 0.744. The lowest BCUT2D eigenvalue weighted by Crippen LogP contribution is -2.54. The second kappa shape index (κ2) is 7.29. The van der Waals surface area contributed by atoms with Crippen LogP contribution in [0.25, 0.3) is 0 Å². The third kappa shape index (κ3) is 4.10. The summed E-state index contributed by atoms with van der Waals surface area (Å²) >= 11 is 1.59. The first kappa shape index (κ1) is 19.3. The lowest BCUT2D eigenvalue weighted by molar-refractivity contribution is -0.136. The van der Waals surface area contributed by atoms with Gasteiger partial charge in [0.25, 0.3) is 5.91 Å². The normalized spacial score (nSPS) is 29.2. The SMILES string of the molecule is CC1CC(C)(C)CC2(C1)NC(=O)N(CC(O)COCc1cccs1)C2=O. The Morgan fingerprint density at radius 2 is 2.19 bits per heavy atom. The van der Waals surface area contributed by atoms with E-state index in [9.17, 15) is 14.7 Å². The Labute approximate surface area is 158 Å². The molecule has 3 amide bonds. The van der Waals surface area contributed by atoms with E-state index in [2.05, 4.69) is 26.1 Å². The van der Waals surface area contributed by atoms with Crippen molar-refractivity contribution in [1.82, 2.24) is 10.2 Å². The predicted molar refractivity (Wildman–Crippen MR) is 99.8 cm³/mol. The van der Waals surface area contributed by atoms with Gasteiger partial charge in [0.15, 0.2) is 0 Å². The maximum absolute atomic E-state index is 13.0. The molecule has 1 saturated carbocycles. The summed E-state index contributed by atoms with van der Waals surface area (Å²) in [5.74, 6) is 0.154. The third-order valence-corrected chi connectivity index (χ3v) is 6.00. The van der Waals surface area contributed by atoms with E-state index in [1.165, 1.54) is 0 Å². The maximum Gasteiger partial charge on any atom is 0.325 e. The Hall–Kier alpha value is -1.44. The zero-order valence-corrected chi connectivity index (χ0v) is 16.5. The monoisotopic (exact) mass is 380 g/mol. The van der Waals surface area contributed by atoms with Gasteiger partial charge >= 0.3 is 6.03 Å². The van der Waals surface area contributed by atoms with E-state index in [-0.39, 0.29) is 24.5 Å². The summed E-state index contributed by atoms with van der Waals surface area (Å²) in [5, 5.41) is 15.1. The van der Waals surface area contributed by atoms with Gasteiger partial charge in [0, 0.05) is 4.88 Å². The molecule has 3 unspecified atom stereocenters. The molecule has 3 atom stereocenters. The Balaban J connectivity index is 1.58. The summed E-state index contributed by atoms with van der Waals surface area (Å²) in [5.41, 5.74) is -0.825. The van der Waals surface area contributed by atoms with Crippen LogP contribution in [0.15, 0.2) is 17.5 Å². The average molecular weight is 381 g/mol. The number of hydrogen-bond acceptors (Lipinski definition) is 5. The van der Waals surface area contributed by atoms with Crippen molar-refractivity contribution in [2.75, 3.05) is 13.2 Å². The van der Waals surface area contributed by atoms with Crippen molar-refractivity contribution in [3.8, 4) is 0 Å². The highest BCUT2D eigenvalue weighted by Crippen LogP contribution is 2.46. The molecule has 1 aliphatic heterocycles. The van der Waals surface area contributed by atoms with Gasteiger partial charge in [-0.2, -0.15) is 0 Å². The van der Waals surface area contributed by atoms with Gasteiger partial charge in [-0.05, 0) is 42.0 Å². The average Bonchev–Trinajstić information content (AvgIpc) is 3.09. The topological polar surface area (TPSA) is 78.9 Å². The number of carbonyl (C=O) groups excluding carboxylic acids is 2. The number of thiophene rings is 1. The van der Waals surface area contributed by atoms with Crippen LogP contribution in [0.3, 0.4) is 0 Å². The lowest BCUT2D eigenvalue weighted by atomic mass is 9.64. The Morgan fingerprint density at radius 3 is 2.85 bits per heavy atom. The first-order valence-electron chi connectivity index (χ1n) is 9.13. The molecule has 0 bridgehead atoms. The molecule has 1 aromatic rings. The highest BCUT2D eigenvalue weighted by Gasteiger charge is 2.56. The van der Waals surface area contributed by atoms with Gasteiger partial charge in [-0.1, -0.05) is 26.8 Å². The van der Waals surface area contributed by atoms with Gasteiger partial charge in [0.2, 0.25) is 0 Å². The minimum atomic E-state index is -0.895. The third-order valence-electron chi connectivity index (χ3n) is 5.15. The zero-order chi connectivity index (χ0) is 18.9. The standard InChI is InChI=1S/C19H28N2O4S/c1-13-7-18(2,3)12-19(8-13)16(23)21(17(24)20-19)9-14(22)10-25-11-15-5-4-6-26-15/h4-6,13-14,22H,7-12H2,1-3H3,(H,20,24). The number of aliphatic hydroxyl groups is 1. The van der Waals surface area contributed by atoms with Crippen LogP contribution in [0.1, 0.15) is 44.9 Å². The molecule has 3 rings (SSSR count). The highest BCUT2D eigenvalue weighted by atomic mass is 32.1. The molecule has 1 aliphatic carbocycles. The number of nitrogens with zero attached hydrogens (tertiary/aromatic N) is 1. The first-order valence-corrected chi connectivity index (χ1v) is 10.0. The van der Waals surface area contributed by atoms with E-state index in [1.807, 2.05) is 17.5 Å². The van der Waals surface area contributed by atoms with E-state index >= 15 is 0 Å². The molecule has 2 aliphatic rings. The summed E-state index contributed by atoms with van der Waals surface area (Å²) in [6.07, 6.45) is 1.43. The van der Waals surface area contributed by atoms with Crippen LogP contribution in [0.5, 0.6) is 0 Å². The largest absolute Gasteiger partial charge is 0.389 e. The number of urea groups is 1. The summed E-state index contributed by atoms with van der Waals surface area (Å²) in [6.45, 7) is 6.87. The van der Waals surface area contributed by atoms with Crippen molar-refractivity contribution in [3.63, 3.8) is 0 Å². The van der Waals surface area contributed by atoms with Crippen molar-refractivity contribution in [2.24, 2.45) is 11.3 Å². The molecule has 2 N–H and O–H groups in total. The fraction of sp³-hybridized carbons (Fsp3) is 0.684. The number of carbonyl (C=O) groups is 2. The van der Waals surface area contributed by atoms with Crippen molar-refractivity contribution in [1.29, 1.82) is 0 Å². The van der Waals surface area contributed by atoms with E-state index < -0.39 is 17.7 Å². The van der Waals surface area contributed by atoms with Crippen molar-refractivity contribution >= 4 is 23.3 Å². The molecule has 6 nitrogen and oxygen atoms in total. The molecule has 144 valence electrons. The maximum atomic E-state index is 13.0. The molecule has 0 aromatic carbocycles. The Kier molecular flexibility index (Phi) is 5.42. The number of aliphatic hydroxyl groups excluding tert-OH is 1. The molecule has 1 aromatic heterocycles. The van der Waals surface area contributed by atoms with Crippen molar-refractivity contribution < 1.29 is 19.4 Å². The molecule has 26 heavy (non-hydrogen) atoms. The number of hydrogen-bond donors (Lipinski definition) is 2. The second-order valence-electron chi connectivity index (χ2n) is 8.53. The minimum absolute atomic E-state index is 0.000941. The van der Waals surface area contributed by atoms with Crippen LogP contribution in [-0.2, 0) is 16.1 Å². The summed E-state index contributed by atoms with van der Waals surface area (Å²) in [6, 6.07) is 3.50. The molecule has 2 fully saturated rings. The second-order valence-corrected chi connectivity index (χ2v) is 9.56. The molecule has 2 heterocycles. The number of β-amino-alcohol motifs (C(OH)–C–C–N with tert-alkyl or cyclic N) is 1. The fourth-order valence-corrected chi connectivity index (χ4v) is 5.27. The lowest BCUT2D eigenvalue weighted by Gasteiger charge is -2.43. The molecular weight excluding hydrogens is 352 g/mol. The molecule has 1 saturated heterocycles. The van der Waals surface area contributed by atoms with Gasteiger partial charge in [0.1, 0.15) is 5.54 Å². The summed E-state index contributed by atoms with van der Waals surface area (Å²) in [7, 11) is 0. The van der Waals surface area contributed by atoms with Crippen molar-refractivity contribution in [2.45, 2.75) is 58.3 Å².